The summed E-state index contributed by atoms with van der Waals surface area (Å²) in [7, 11) is 0. The number of carbonyl (C=O) groups excluding carboxylic acids is 2. The third kappa shape index (κ3) is 2.55. The molecule has 2 fully saturated rings. The van der Waals surface area contributed by atoms with E-state index < -0.39 is 0 Å². The Morgan fingerprint density at radius 1 is 0.963 bits per heavy atom. The van der Waals surface area contributed by atoms with E-state index in [-0.39, 0.29) is 41.3 Å². The zero-order chi connectivity index (χ0) is 18.5. The van der Waals surface area contributed by atoms with E-state index in [9.17, 15) is 14.0 Å². The maximum Gasteiger partial charge on any atom is 0.254 e. The lowest BCUT2D eigenvalue weighted by atomic mass is 9.63. The van der Waals surface area contributed by atoms with Crippen LogP contribution in [-0.4, -0.2) is 23.0 Å². The molecule has 1 aromatic heterocycles. The number of hydrazone groups is 1. The van der Waals surface area contributed by atoms with Crippen LogP contribution >= 0.6 is 0 Å². The second-order valence-corrected chi connectivity index (χ2v) is 7.28. The van der Waals surface area contributed by atoms with E-state index >= 15 is 0 Å². The second kappa shape index (κ2) is 6.01. The van der Waals surface area contributed by atoms with Crippen LogP contribution in [0.3, 0.4) is 0 Å². The van der Waals surface area contributed by atoms with Gasteiger partial charge in [0.05, 0.1) is 18.1 Å². The minimum absolute atomic E-state index is 0.144. The first-order valence-corrected chi connectivity index (χ1v) is 9.08. The van der Waals surface area contributed by atoms with Crippen molar-refractivity contribution in [3.8, 4) is 11.3 Å². The summed E-state index contributed by atoms with van der Waals surface area (Å²) < 4.78 is 18.7. The summed E-state index contributed by atoms with van der Waals surface area (Å²) >= 11 is 0. The molecule has 5 nitrogen and oxygen atoms in total. The molecule has 2 amide bonds. The Hall–Kier alpha value is -3.02. The molecule has 2 heterocycles. The molecule has 0 unspecified atom stereocenters. The van der Waals surface area contributed by atoms with Crippen molar-refractivity contribution in [2.24, 2.45) is 28.8 Å². The van der Waals surface area contributed by atoms with Crippen LogP contribution in [0.2, 0.25) is 0 Å². The molecule has 0 N–H and O–H groups in total. The normalized spacial score (nSPS) is 29.1. The molecular formula is C21H17FN2O3. The van der Waals surface area contributed by atoms with Crippen LogP contribution in [0.5, 0.6) is 0 Å². The lowest BCUT2D eigenvalue weighted by molar-refractivity contribution is -0.140. The topological polar surface area (TPSA) is 62.9 Å². The molecule has 1 saturated carbocycles. The fourth-order valence-corrected chi connectivity index (χ4v) is 4.48. The molecule has 0 radical (unpaired) electrons. The summed E-state index contributed by atoms with van der Waals surface area (Å²) in [5.74, 6) is -0.0260. The lowest BCUT2D eigenvalue weighted by Crippen LogP contribution is -2.38. The van der Waals surface area contributed by atoms with Gasteiger partial charge in [0.2, 0.25) is 0 Å². The van der Waals surface area contributed by atoms with Crippen molar-refractivity contribution in [2.45, 2.75) is 12.8 Å². The van der Waals surface area contributed by atoms with Crippen LogP contribution in [0.4, 0.5) is 4.39 Å². The highest BCUT2D eigenvalue weighted by Crippen LogP contribution is 2.49. The van der Waals surface area contributed by atoms with Gasteiger partial charge in [0, 0.05) is 5.56 Å². The Morgan fingerprint density at radius 3 is 2.19 bits per heavy atom. The molecular weight excluding hydrogens is 347 g/mol. The summed E-state index contributed by atoms with van der Waals surface area (Å²) in [4.78, 5) is 25.4. The van der Waals surface area contributed by atoms with E-state index in [0.717, 1.165) is 23.4 Å². The number of halogens is 1. The average Bonchev–Trinajstić information content (AvgIpc) is 3.26. The molecule has 4 aliphatic rings. The molecule has 1 aliphatic heterocycles. The van der Waals surface area contributed by atoms with Crippen molar-refractivity contribution in [3.63, 3.8) is 0 Å². The highest BCUT2D eigenvalue weighted by atomic mass is 19.1. The number of hydrogen-bond acceptors (Lipinski definition) is 4. The van der Waals surface area contributed by atoms with E-state index in [0.29, 0.717) is 11.5 Å². The summed E-state index contributed by atoms with van der Waals surface area (Å²) in [6, 6.07) is 9.40. The lowest BCUT2D eigenvalue weighted by Gasteiger charge is -2.37. The predicted octanol–water partition coefficient (Wildman–Crippen LogP) is 3.62. The monoisotopic (exact) mass is 364 g/mol. The molecule has 6 rings (SSSR count). The predicted molar refractivity (Wildman–Crippen MR) is 95.9 cm³/mol. The van der Waals surface area contributed by atoms with Crippen molar-refractivity contribution >= 4 is 18.0 Å². The first kappa shape index (κ1) is 16.2. The van der Waals surface area contributed by atoms with Gasteiger partial charge < -0.3 is 4.42 Å². The maximum absolute atomic E-state index is 13.0. The van der Waals surface area contributed by atoms with Crippen LogP contribution < -0.4 is 0 Å². The quantitative estimate of drug-likeness (QED) is 0.475. The summed E-state index contributed by atoms with van der Waals surface area (Å²) in [6.45, 7) is 0. The van der Waals surface area contributed by atoms with Gasteiger partial charge >= 0.3 is 0 Å². The highest BCUT2D eigenvalue weighted by Gasteiger charge is 2.56. The highest BCUT2D eigenvalue weighted by molar-refractivity contribution is 6.06. The molecule has 6 heteroatoms. The standard InChI is InChI=1S/C21H17FN2O3/c22-15-7-5-12(6-8-15)17-10-9-16(27-17)11-23-24-20(25)18-13-1-2-14(4-3-13)19(18)21(24)26/h1-2,5-11,13-14,18-19H,3-4H2/b23-11-/t13-,14-,18-,19+/m0/s1. The Bertz CT molecular complexity index is 944. The third-order valence-corrected chi connectivity index (χ3v) is 5.79. The summed E-state index contributed by atoms with van der Waals surface area (Å²) in [5.41, 5.74) is 0.734. The Balaban J connectivity index is 1.37. The van der Waals surface area contributed by atoms with Gasteiger partial charge in [0.15, 0.2) is 0 Å². The smallest absolute Gasteiger partial charge is 0.254 e. The largest absolute Gasteiger partial charge is 0.455 e. The molecule has 2 bridgehead atoms. The van der Waals surface area contributed by atoms with Crippen molar-refractivity contribution in [2.75, 3.05) is 0 Å². The maximum atomic E-state index is 13.0. The molecule has 27 heavy (non-hydrogen) atoms. The first-order valence-electron chi connectivity index (χ1n) is 9.08. The van der Waals surface area contributed by atoms with Gasteiger partial charge in [-0.05, 0) is 61.1 Å². The van der Waals surface area contributed by atoms with E-state index in [2.05, 4.69) is 17.3 Å². The van der Waals surface area contributed by atoms with Crippen LogP contribution in [0.1, 0.15) is 18.6 Å². The Labute approximate surface area is 155 Å². The first-order chi connectivity index (χ1) is 13.1. The Kier molecular flexibility index (Phi) is 3.60. The fourth-order valence-electron chi connectivity index (χ4n) is 4.48. The molecule has 2 aromatic rings. The van der Waals surface area contributed by atoms with Gasteiger partial charge in [-0.3, -0.25) is 9.59 Å². The number of furan rings is 1. The fraction of sp³-hybridized carbons (Fsp3) is 0.286. The van der Waals surface area contributed by atoms with E-state index in [4.69, 9.17) is 4.42 Å². The van der Waals surface area contributed by atoms with Crippen LogP contribution in [0, 0.1) is 29.5 Å². The molecule has 1 saturated heterocycles. The van der Waals surface area contributed by atoms with Gasteiger partial charge in [-0.25, -0.2) is 4.39 Å². The van der Waals surface area contributed by atoms with Gasteiger partial charge in [-0.1, -0.05) is 12.2 Å². The van der Waals surface area contributed by atoms with Crippen LogP contribution in [-0.2, 0) is 9.59 Å². The van der Waals surface area contributed by atoms with Gasteiger partial charge in [-0.15, -0.1) is 0 Å². The molecule has 1 aromatic carbocycles. The number of carbonyl (C=O) groups is 2. The molecule has 3 aliphatic carbocycles. The molecule has 0 spiro atoms. The zero-order valence-corrected chi connectivity index (χ0v) is 14.4. The van der Waals surface area contributed by atoms with Crippen molar-refractivity contribution in [1.29, 1.82) is 0 Å². The van der Waals surface area contributed by atoms with E-state index in [1.54, 1.807) is 24.3 Å². The van der Waals surface area contributed by atoms with Crippen molar-refractivity contribution in [1.82, 2.24) is 5.01 Å². The number of amides is 2. The van der Waals surface area contributed by atoms with Crippen LogP contribution in [0.15, 0.2) is 58.1 Å². The number of imide groups is 1. The average molecular weight is 364 g/mol. The summed E-state index contributed by atoms with van der Waals surface area (Å²) in [6.07, 6.45) is 7.45. The number of benzene rings is 1. The third-order valence-electron chi connectivity index (χ3n) is 5.79. The number of rotatable bonds is 3. The van der Waals surface area contributed by atoms with Gasteiger partial charge in [-0.2, -0.15) is 10.1 Å². The van der Waals surface area contributed by atoms with Crippen molar-refractivity contribution < 1.29 is 18.4 Å². The van der Waals surface area contributed by atoms with Crippen molar-refractivity contribution in [3.05, 3.63) is 60.1 Å². The number of hydrogen-bond donors (Lipinski definition) is 0. The van der Waals surface area contributed by atoms with E-state index in [1.165, 1.54) is 18.3 Å². The van der Waals surface area contributed by atoms with Crippen LogP contribution in [0.25, 0.3) is 11.3 Å². The SMILES string of the molecule is O=C1[C@@H]2[C@H](C(=O)N1/N=C\c1ccc(-c3ccc(F)cc3)o1)[C@H]1C=C[C@H]2CC1. The molecule has 4 atom stereocenters. The summed E-state index contributed by atoms with van der Waals surface area (Å²) in [5, 5.41) is 5.13. The zero-order valence-electron chi connectivity index (χ0n) is 14.4. The minimum atomic E-state index is -0.317. The van der Waals surface area contributed by atoms with E-state index in [1.807, 2.05) is 0 Å². The number of fused-ring (bicyclic) bond motifs is 1. The minimum Gasteiger partial charge on any atom is -0.455 e. The molecule has 136 valence electrons. The number of allylic oxidation sites excluding steroid dienone is 2. The van der Waals surface area contributed by atoms with Gasteiger partial charge in [0.25, 0.3) is 11.8 Å². The second-order valence-electron chi connectivity index (χ2n) is 7.28. The number of nitrogens with zero attached hydrogens (tertiary/aromatic N) is 2. The Morgan fingerprint density at radius 2 is 1.59 bits per heavy atom. The van der Waals surface area contributed by atoms with Gasteiger partial charge in [0.1, 0.15) is 17.3 Å².